The van der Waals surface area contributed by atoms with E-state index in [0.717, 1.165) is 0 Å². The number of carbonyl (C=O) groups is 2. The van der Waals surface area contributed by atoms with Crippen molar-refractivity contribution in [3.8, 4) is 0 Å². The number of alkyl halides is 4. The molecule has 0 saturated heterocycles. The molecule has 6 nitrogen and oxygen atoms in total. The molecule has 0 aliphatic heterocycles. The number of hydrogen-bond donors (Lipinski definition) is 2. The summed E-state index contributed by atoms with van der Waals surface area (Å²) in [6.07, 6.45) is -6.14. The molecule has 2 atom stereocenters. The Bertz CT molecular complexity index is 583. The Hall–Kier alpha value is -1.78. The minimum Gasteiger partial charge on any atom is -0.464 e. The third kappa shape index (κ3) is 4.86. The number of aromatic nitrogens is 2. The van der Waals surface area contributed by atoms with E-state index in [2.05, 4.69) is 23.0 Å². The van der Waals surface area contributed by atoms with Gasteiger partial charge in [-0.3, -0.25) is 9.48 Å². The summed E-state index contributed by atoms with van der Waals surface area (Å²) in [4.78, 5) is 23.7. The summed E-state index contributed by atoms with van der Waals surface area (Å²) in [6, 6.07) is -1.89. The van der Waals surface area contributed by atoms with Gasteiger partial charge in [0.05, 0.1) is 6.61 Å². The lowest BCUT2D eigenvalue weighted by molar-refractivity contribution is -0.147. The highest BCUT2D eigenvalue weighted by Crippen LogP contribution is 2.27. The first-order chi connectivity index (χ1) is 11.2. The van der Waals surface area contributed by atoms with Crippen molar-refractivity contribution < 1.29 is 31.9 Å². The molecule has 24 heavy (non-hydrogen) atoms. The molecular formula is C13H17F4N3O3S. The number of nitrogens with zero attached hydrogens (tertiary/aromatic N) is 2. The van der Waals surface area contributed by atoms with E-state index in [1.165, 1.54) is 6.92 Å². The van der Waals surface area contributed by atoms with Gasteiger partial charge in [-0.25, -0.2) is 22.4 Å². The predicted molar refractivity (Wildman–Crippen MR) is 79.3 cm³/mol. The number of hydrogen-bond acceptors (Lipinski definition) is 5. The smallest absolute Gasteiger partial charge is 0.329 e. The van der Waals surface area contributed by atoms with Gasteiger partial charge in [-0.15, -0.1) is 0 Å². The molecule has 1 aromatic rings. The fourth-order valence-electron chi connectivity index (χ4n) is 1.83. The molecule has 0 aromatic carbocycles. The zero-order valence-electron chi connectivity index (χ0n) is 12.9. The molecule has 1 aromatic heterocycles. The Morgan fingerprint density at radius 2 is 1.96 bits per heavy atom. The molecule has 1 rings (SSSR count). The second-order valence-electron chi connectivity index (χ2n) is 4.71. The molecule has 0 aliphatic carbocycles. The van der Waals surface area contributed by atoms with E-state index in [1.54, 1.807) is 6.92 Å². The lowest BCUT2D eigenvalue weighted by Gasteiger charge is -2.19. The third-order valence-electron chi connectivity index (χ3n) is 3.05. The molecule has 1 N–H and O–H groups in total. The van der Waals surface area contributed by atoms with Crippen LogP contribution in [0.1, 0.15) is 44.1 Å². The van der Waals surface area contributed by atoms with Crippen molar-refractivity contribution in [3.63, 3.8) is 0 Å². The molecule has 1 amide bonds. The molecule has 0 aliphatic rings. The van der Waals surface area contributed by atoms with E-state index >= 15 is 0 Å². The van der Waals surface area contributed by atoms with Gasteiger partial charge in [0.15, 0.2) is 0 Å². The second kappa shape index (κ2) is 8.90. The molecular weight excluding hydrogens is 354 g/mol. The van der Waals surface area contributed by atoms with Gasteiger partial charge >= 0.3 is 5.97 Å². The number of ether oxygens (including phenoxy) is 1. The summed E-state index contributed by atoms with van der Waals surface area (Å²) >= 11 is 3.90. The van der Waals surface area contributed by atoms with E-state index in [-0.39, 0.29) is 12.4 Å². The van der Waals surface area contributed by atoms with E-state index in [0.29, 0.717) is 10.7 Å². The standard InChI is InChI=1S/C13H17F4N3O3S/c1-3-23-13(22)8(5-24)18-12(21)6(2)20-9(11(16)17)4-7(19-20)10(14)15/h4,6,8,10-11,24H,3,5H2,1-2H3,(H,18,21)/t6?,8-/m0/s1. The van der Waals surface area contributed by atoms with Crippen molar-refractivity contribution in [2.75, 3.05) is 12.4 Å². The van der Waals surface area contributed by atoms with Crippen LogP contribution in [-0.2, 0) is 14.3 Å². The minimum absolute atomic E-state index is 0.0829. The van der Waals surface area contributed by atoms with E-state index < -0.39 is 48.2 Å². The Labute approximate surface area is 140 Å². The van der Waals surface area contributed by atoms with Gasteiger partial charge in [-0.1, -0.05) is 0 Å². The maximum Gasteiger partial charge on any atom is 0.329 e. The molecule has 0 radical (unpaired) electrons. The van der Waals surface area contributed by atoms with Gasteiger partial charge in [0, 0.05) is 5.75 Å². The highest BCUT2D eigenvalue weighted by molar-refractivity contribution is 7.80. The topological polar surface area (TPSA) is 73.2 Å². The number of rotatable bonds is 8. The van der Waals surface area contributed by atoms with Gasteiger partial charge in [0.25, 0.3) is 12.9 Å². The number of thiol groups is 1. The summed E-state index contributed by atoms with van der Waals surface area (Å²) in [5.41, 5.74) is -1.67. The highest BCUT2D eigenvalue weighted by Gasteiger charge is 2.29. The van der Waals surface area contributed by atoms with Gasteiger partial charge in [0.2, 0.25) is 5.91 Å². The summed E-state index contributed by atoms with van der Waals surface area (Å²) in [6.45, 7) is 2.85. The zero-order valence-corrected chi connectivity index (χ0v) is 13.8. The number of carbonyl (C=O) groups excluding carboxylic acids is 2. The largest absolute Gasteiger partial charge is 0.464 e. The van der Waals surface area contributed by atoms with E-state index in [9.17, 15) is 27.2 Å². The summed E-state index contributed by atoms with van der Waals surface area (Å²) in [7, 11) is 0. The Morgan fingerprint density at radius 1 is 1.33 bits per heavy atom. The quantitative estimate of drug-likeness (QED) is 0.418. The van der Waals surface area contributed by atoms with Crippen molar-refractivity contribution in [2.45, 2.75) is 38.8 Å². The monoisotopic (exact) mass is 371 g/mol. The average molecular weight is 371 g/mol. The van der Waals surface area contributed by atoms with Crippen LogP contribution in [-0.4, -0.2) is 40.1 Å². The molecule has 0 saturated carbocycles. The van der Waals surface area contributed by atoms with Crippen molar-refractivity contribution in [2.24, 2.45) is 0 Å². The lowest BCUT2D eigenvalue weighted by atomic mass is 10.2. The first kappa shape index (κ1) is 20.3. The maximum absolute atomic E-state index is 13.0. The second-order valence-corrected chi connectivity index (χ2v) is 5.08. The number of halogens is 4. The summed E-state index contributed by atoms with van der Waals surface area (Å²) in [5, 5.41) is 5.63. The van der Waals surface area contributed by atoms with Crippen molar-refractivity contribution in [1.82, 2.24) is 15.1 Å². The van der Waals surface area contributed by atoms with Crippen LogP contribution in [0, 0.1) is 0 Å². The fourth-order valence-corrected chi connectivity index (χ4v) is 2.07. The Balaban J connectivity index is 2.97. The van der Waals surface area contributed by atoms with Crippen molar-refractivity contribution in [1.29, 1.82) is 0 Å². The van der Waals surface area contributed by atoms with Crippen LogP contribution in [0.4, 0.5) is 17.6 Å². The van der Waals surface area contributed by atoms with Crippen LogP contribution < -0.4 is 5.32 Å². The van der Waals surface area contributed by atoms with Crippen molar-refractivity contribution >= 4 is 24.5 Å². The third-order valence-corrected chi connectivity index (χ3v) is 3.41. The minimum atomic E-state index is -3.09. The highest BCUT2D eigenvalue weighted by atomic mass is 32.1. The van der Waals surface area contributed by atoms with Crippen LogP contribution in [0.5, 0.6) is 0 Å². The summed E-state index contributed by atoms with van der Waals surface area (Å²) < 4.78 is 56.5. The molecule has 0 spiro atoms. The maximum atomic E-state index is 13.0. The van der Waals surface area contributed by atoms with Gasteiger partial charge in [-0.2, -0.15) is 17.7 Å². The number of esters is 1. The molecule has 136 valence electrons. The number of amides is 1. The van der Waals surface area contributed by atoms with Crippen LogP contribution in [0.15, 0.2) is 6.07 Å². The first-order valence-electron chi connectivity index (χ1n) is 6.96. The molecule has 0 fully saturated rings. The molecule has 0 bridgehead atoms. The predicted octanol–water partition coefficient (Wildman–Crippen LogP) is 2.30. The van der Waals surface area contributed by atoms with Gasteiger partial charge in [-0.05, 0) is 19.9 Å². The van der Waals surface area contributed by atoms with Crippen molar-refractivity contribution in [3.05, 3.63) is 17.5 Å². The lowest BCUT2D eigenvalue weighted by Crippen LogP contribution is -2.46. The normalized spacial score (nSPS) is 13.9. The average Bonchev–Trinajstić information content (AvgIpc) is 2.97. The Morgan fingerprint density at radius 3 is 2.42 bits per heavy atom. The summed E-state index contributed by atoms with van der Waals surface area (Å²) in [5.74, 6) is -1.68. The Kier molecular flexibility index (Phi) is 7.52. The van der Waals surface area contributed by atoms with E-state index in [4.69, 9.17) is 4.74 Å². The zero-order chi connectivity index (χ0) is 18.4. The fraction of sp³-hybridized carbons (Fsp3) is 0.615. The molecule has 1 unspecified atom stereocenters. The van der Waals surface area contributed by atoms with E-state index in [1.807, 2.05) is 0 Å². The molecule has 1 heterocycles. The first-order valence-corrected chi connectivity index (χ1v) is 7.59. The van der Waals surface area contributed by atoms with Crippen LogP contribution in [0.3, 0.4) is 0 Å². The van der Waals surface area contributed by atoms with Crippen LogP contribution >= 0.6 is 12.6 Å². The van der Waals surface area contributed by atoms with Gasteiger partial charge in [0.1, 0.15) is 23.5 Å². The SMILES string of the molecule is CCOC(=O)[C@H](CS)NC(=O)C(C)n1nc(C(F)F)cc1C(F)F. The number of nitrogens with one attached hydrogen (secondary N) is 1. The molecule has 11 heteroatoms. The van der Waals surface area contributed by atoms with Gasteiger partial charge < -0.3 is 10.1 Å². The van der Waals surface area contributed by atoms with Crippen LogP contribution in [0.25, 0.3) is 0 Å². The van der Waals surface area contributed by atoms with Crippen LogP contribution in [0.2, 0.25) is 0 Å².